The van der Waals surface area contributed by atoms with Crippen LogP contribution in [-0.2, 0) is 17.6 Å². The molecule has 40 heavy (non-hydrogen) atoms. The fraction of sp³-hybridized carbons (Fsp3) is 0.379. The minimum absolute atomic E-state index is 0.0444. The summed E-state index contributed by atoms with van der Waals surface area (Å²) in [5.41, 5.74) is 5.48. The van der Waals surface area contributed by atoms with Gasteiger partial charge in [0.05, 0.1) is 24.4 Å². The molecule has 10 nitrogen and oxygen atoms in total. The summed E-state index contributed by atoms with van der Waals surface area (Å²) in [6.07, 6.45) is 4.59. The molecule has 3 N–H and O–H groups in total. The maximum atomic E-state index is 12.9. The van der Waals surface area contributed by atoms with Crippen LogP contribution in [0, 0.1) is 5.92 Å². The molecule has 0 atom stereocenters. The van der Waals surface area contributed by atoms with Gasteiger partial charge < -0.3 is 30.0 Å². The van der Waals surface area contributed by atoms with Crippen LogP contribution in [0.4, 0.5) is 17.3 Å². The molecule has 1 fully saturated rings. The molecule has 5 rings (SSSR count). The molecule has 1 aliphatic heterocycles. The quantitative estimate of drug-likeness (QED) is 0.262. The van der Waals surface area contributed by atoms with E-state index in [4.69, 9.17) is 14.5 Å². The second-order valence-electron chi connectivity index (χ2n) is 9.70. The maximum absolute atomic E-state index is 12.9. The Kier molecular flexibility index (Phi) is 8.49. The van der Waals surface area contributed by atoms with E-state index in [0.29, 0.717) is 30.3 Å². The van der Waals surface area contributed by atoms with E-state index >= 15 is 0 Å². The largest absolute Gasteiger partial charge is 0.493 e. The summed E-state index contributed by atoms with van der Waals surface area (Å²) >= 11 is 1.62. The number of nitrogens with one attached hydrogen (secondary N) is 3. The first kappa shape index (κ1) is 27.4. The van der Waals surface area contributed by atoms with Gasteiger partial charge in [-0.25, -0.2) is 9.97 Å². The number of ether oxygens (including phenoxy) is 2. The van der Waals surface area contributed by atoms with Crippen molar-refractivity contribution in [2.75, 3.05) is 44.1 Å². The Balaban J connectivity index is 1.29. The molecular formula is C29H34N6O4S. The lowest BCUT2D eigenvalue weighted by atomic mass is 9.95. The number of methoxy groups -OCH3 is 2. The van der Waals surface area contributed by atoms with Crippen molar-refractivity contribution in [2.24, 2.45) is 5.92 Å². The van der Waals surface area contributed by atoms with E-state index in [-0.39, 0.29) is 17.4 Å². The van der Waals surface area contributed by atoms with Gasteiger partial charge in [-0.3, -0.25) is 9.59 Å². The zero-order valence-electron chi connectivity index (χ0n) is 23.0. The van der Waals surface area contributed by atoms with Crippen molar-refractivity contribution in [2.45, 2.75) is 32.6 Å². The molecule has 0 spiro atoms. The van der Waals surface area contributed by atoms with Gasteiger partial charge in [-0.15, -0.1) is 11.3 Å². The Morgan fingerprint density at radius 2 is 1.95 bits per heavy atom. The van der Waals surface area contributed by atoms with Gasteiger partial charge in [-0.1, -0.05) is 6.92 Å². The van der Waals surface area contributed by atoms with E-state index in [2.05, 4.69) is 32.4 Å². The number of hydrogen-bond acceptors (Lipinski definition) is 9. The Labute approximate surface area is 236 Å². The highest BCUT2D eigenvalue weighted by atomic mass is 32.1. The van der Waals surface area contributed by atoms with Crippen LogP contribution in [0.15, 0.2) is 46.8 Å². The summed E-state index contributed by atoms with van der Waals surface area (Å²) in [6, 6.07) is 9.09. The number of hydrogen-bond donors (Lipinski definition) is 3. The van der Waals surface area contributed by atoms with Crippen LogP contribution >= 0.6 is 11.3 Å². The van der Waals surface area contributed by atoms with E-state index < -0.39 is 0 Å². The van der Waals surface area contributed by atoms with Gasteiger partial charge in [0.15, 0.2) is 17.3 Å². The topological polar surface area (TPSA) is 121 Å². The maximum Gasteiger partial charge on any atom is 0.248 e. The van der Waals surface area contributed by atoms with Gasteiger partial charge in [0.1, 0.15) is 11.3 Å². The van der Waals surface area contributed by atoms with Crippen LogP contribution in [0.1, 0.15) is 30.9 Å². The third-order valence-electron chi connectivity index (χ3n) is 7.27. The van der Waals surface area contributed by atoms with E-state index in [0.717, 1.165) is 59.6 Å². The normalized spacial score (nSPS) is 13.8. The number of aromatic nitrogens is 3. The number of H-pyrrole nitrogens is 1. The van der Waals surface area contributed by atoms with Gasteiger partial charge in [-0.05, 0) is 49.4 Å². The molecule has 4 heterocycles. The van der Waals surface area contributed by atoms with Crippen LogP contribution in [0.2, 0.25) is 0 Å². The van der Waals surface area contributed by atoms with Crippen molar-refractivity contribution in [3.8, 4) is 11.5 Å². The van der Waals surface area contributed by atoms with Gasteiger partial charge >= 0.3 is 0 Å². The minimum Gasteiger partial charge on any atom is -0.493 e. The van der Waals surface area contributed by atoms with Crippen LogP contribution in [-0.4, -0.2) is 54.7 Å². The molecule has 1 aliphatic rings. The predicted molar refractivity (Wildman–Crippen MR) is 158 cm³/mol. The molecule has 0 radical (unpaired) electrons. The van der Waals surface area contributed by atoms with E-state index in [1.807, 2.05) is 29.8 Å². The summed E-state index contributed by atoms with van der Waals surface area (Å²) in [7, 11) is 3.23. The number of nitrogens with zero attached hydrogens (tertiary/aromatic N) is 3. The van der Waals surface area contributed by atoms with Crippen LogP contribution in [0.25, 0.3) is 10.2 Å². The summed E-state index contributed by atoms with van der Waals surface area (Å²) in [4.78, 5) is 39.0. The van der Waals surface area contributed by atoms with Crippen molar-refractivity contribution in [1.29, 1.82) is 0 Å². The number of carbonyl (C=O) groups is 1. The predicted octanol–water partition coefficient (Wildman–Crippen LogP) is 4.28. The Hall–Kier alpha value is -4.12. The molecule has 1 amide bonds. The highest BCUT2D eigenvalue weighted by molar-refractivity contribution is 7.17. The molecule has 1 saturated heterocycles. The van der Waals surface area contributed by atoms with E-state index in [1.165, 1.54) is 5.56 Å². The SMILES string of the molecule is CCc1c(N2CCC(C(=O)NCCc3cc[nH]c(=O)c3)CC2)nc(Nc2ccc(OC)c(OC)c2)c2ncsc12. The zero-order chi connectivity index (χ0) is 28.1. The smallest absolute Gasteiger partial charge is 0.248 e. The molecule has 3 aromatic heterocycles. The highest BCUT2D eigenvalue weighted by Crippen LogP contribution is 2.38. The summed E-state index contributed by atoms with van der Waals surface area (Å²) in [5.74, 6) is 2.94. The van der Waals surface area contributed by atoms with Crippen molar-refractivity contribution >= 4 is 44.8 Å². The van der Waals surface area contributed by atoms with Crippen molar-refractivity contribution in [1.82, 2.24) is 20.3 Å². The molecule has 0 bridgehead atoms. The van der Waals surface area contributed by atoms with Gasteiger partial charge in [0, 0.05) is 55.1 Å². The summed E-state index contributed by atoms with van der Waals surface area (Å²) in [6.45, 7) is 4.14. The summed E-state index contributed by atoms with van der Waals surface area (Å²) in [5, 5.41) is 6.49. The van der Waals surface area contributed by atoms with Gasteiger partial charge in [0.2, 0.25) is 11.5 Å². The van der Waals surface area contributed by atoms with Crippen LogP contribution in [0.5, 0.6) is 11.5 Å². The number of anilines is 3. The van der Waals surface area contributed by atoms with Crippen molar-refractivity contribution in [3.63, 3.8) is 0 Å². The lowest BCUT2D eigenvalue weighted by molar-refractivity contribution is -0.125. The third-order valence-corrected chi connectivity index (χ3v) is 8.16. The van der Waals surface area contributed by atoms with Crippen molar-refractivity contribution in [3.05, 3.63) is 63.5 Å². The number of fused-ring (bicyclic) bond motifs is 1. The minimum atomic E-state index is -0.130. The number of pyridine rings is 2. The molecule has 1 aromatic carbocycles. The number of rotatable bonds is 10. The van der Waals surface area contributed by atoms with Crippen LogP contribution < -0.4 is 30.6 Å². The van der Waals surface area contributed by atoms with E-state index in [9.17, 15) is 9.59 Å². The highest BCUT2D eigenvalue weighted by Gasteiger charge is 2.28. The van der Waals surface area contributed by atoms with E-state index in [1.54, 1.807) is 37.8 Å². The number of benzene rings is 1. The van der Waals surface area contributed by atoms with Gasteiger partial charge in [-0.2, -0.15) is 0 Å². The molecule has 4 aromatic rings. The Morgan fingerprint density at radius 3 is 2.67 bits per heavy atom. The third kappa shape index (κ3) is 5.89. The first-order chi connectivity index (χ1) is 19.5. The molecular weight excluding hydrogens is 528 g/mol. The lowest BCUT2D eigenvalue weighted by Crippen LogP contribution is -2.41. The number of carbonyl (C=O) groups excluding carboxylic acids is 1. The molecule has 0 saturated carbocycles. The Morgan fingerprint density at radius 1 is 1.15 bits per heavy atom. The lowest BCUT2D eigenvalue weighted by Gasteiger charge is -2.33. The van der Waals surface area contributed by atoms with Gasteiger partial charge in [0.25, 0.3) is 0 Å². The van der Waals surface area contributed by atoms with Crippen molar-refractivity contribution < 1.29 is 14.3 Å². The average molecular weight is 563 g/mol. The second-order valence-corrected chi connectivity index (χ2v) is 10.6. The number of aromatic amines is 1. The first-order valence-corrected chi connectivity index (χ1v) is 14.3. The molecule has 0 unspecified atom stereocenters. The number of amides is 1. The Bertz CT molecular complexity index is 1540. The monoisotopic (exact) mass is 562 g/mol. The zero-order valence-corrected chi connectivity index (χ0v) is 23.8. The summed E-state index contributed by atoms with van der Waals surface area (Å²) < 4.78 is 12.0. The molecule has 11 heteroatoms. The molecule has 0 aliphatic carbocycles. The number of aryl methyl sites for hydroxylation is 1. The fourth-order valence-electron chi connectivity index (χ4n) is 5.15. The fourth-order valence-corrected chi connectivity index (χ4v) is 6.05. The average Bonchev–Trinajstić information content (AvgIpc) is 3.47. The number of thiazole rings is 1. The first-order valence-electron chi connectivity index (χ1n) is 13.5. The van der Waals surface area contributed by atoms with Crippen LogP contribution in [0.3, 0.4) is 0 Å². The standard InChI is InChI=1S/C29H34N6O4S/c1-4-21-26-25(32-17-40-26)27(33-20-5-6-22(38-2)23(16-20)39-3)34-28(21)35-13-9-19(10-14-35)29(37)31-12-8-18-7-11-30-24(36)15-18/h5-7,11,15-17,19H,4,8-10,12-14H2,1-3H3,(H,30,36)(H,31,37)(H,33,34). The molecule has 210 valence electrons. The second kappa shape index (κ2) is 12.4. The number of piperidine rings is 1.